The lowest BCUT2D eigenvalue weighted by atomic mass is 9.82. The normalized spacial score (nSPS) is 13.9. The van der Waals surface area contributed by atoms with Crippen LogP contribution in [0.1, 0.15) is 123 Å². The van der Waals surface area contributed by atoms with Gasteiger partial charge in [-0.3, -0.25) is 0 Å². The van der Waals surface area contributed by atoms with Crippen LogP contribution in [-0.4, -0.2) is 9.97 Å². The van der Waals surface area contributed by atoms with Crippen molar-refractivity contribution in [3.63, 3.8) is 0 Å². The molecule has 0 aliphatic rings. The SMILES string of the molecule is [2H]C([2H])([2H])c1ccc(-c2cc(C(C)(C)C)ncn2)c2oc3c(Cc4c(C(C)C)cc(C(C)C)cc4C(C)C)c4oc5ccccc5c4cc3c12. The Hall–Kier alpha value is -4.44. The van der Waals surface area contributed by atoms with Crippen molar-refractivity contribution in [2.45, 2.75) is 98.8 Å². The predicted molar refractivity (Wildman–Crippen MR) is 197 cm³/mol. The molecule has 0 saturated carbocycles. The Morgan fingerprint density at radius 1 is 0.702 bits per heavy atom. The zero-order chi connectivity index (χ0) is 35.9. The number of furan rings is 2. The van der Waals surface area contributed by atoms with E-state index in [1.807, 2.05) is 30.3 Å². The lowest BCUT2D eigenvalue weighted by Gasteiger charge is -2.23. The van der Waals surface area contributed by atoms with Gasteiger partial charge in [-0.25, -0.2) is 9.97 Å². The average molecular weight is 626 g/mol. The van der Waals surface area contributed by atoms with E-state index in [2.05, 4.69) is 96.5 Å². The molecule has 0 bridgehead atoms. The van der Waals surface area contributed by atoms with E-state index in [4.69, 9.17) is 12.9 Å². The molecule has 3 heterocycles. The molecule has 4 heteroatoms. The van der Waals surface area contributed by atoms with Crippen molar-refractivity contribution in [1.82, 2.24) is 9.97 Å². The van der Waals surface area contributed by atoms with Gasteiger partial charge in [-0.05, 0) is 76.7 Å². The van der Waals surface area contributed by atoms with Crippen LogP contribution in [0, 0.1) is 6.85 Å². The molecular formula is C43H46N2O2. The van der Waals surface area contributed by atoms with E-state index in [1.165, 1.54) is 22.3 Å². The zero-order valence-electron chi connectivity index (χ0n) is 32.0. The Kier molecular flexibility index (Phi) is 6.69. The fourth-order valence-corrected chi connectivity index (χ4v) is 7.03. The molecule has 7 aromatic rings. The molecular weight excluding hydrogens is 576 g/mol. The summed E-state index contributed by atoms with van der Waals surface area (Å²) in [4.78, 5) is 9.22. The van der Waals surface area contributed by atoms with Gasteiger partial charge in [-0.1, -0.05) is 98.7 Å². The highest BCUT2D eigenvalue weighted by Crippen LogP contribution is 2.45. The first-order chi connectivity index (χ1) is 23.5. The fraction of sp³-hybridized carbons (Fsp3) is 0.349. The van der Waals surface area contributed by atoms with E-state index in [1.54, 1.807) is 12.4 Å². The quantitative estimate of drug-likeness (QED) is 0.184. The number of fused-ring (bicyclic) bond motifs is 6. The number of nitrogens with zero attached hydrogens (tertiary/aromatic N) is 2. The number of aromatic nitrogens is 2. The van der Waals surface area contributed by atoms with Gasteiger partial charge in [0.15, 0.2) is 0 Å². The van der Waals surface area contributed by atoms with Crippen molar-refractivity contribution in [3.8, 4) is 11.3 Å². The Labute approximate surface area is 282 Å². The average Bonchev–Trinajstić information content (AvgIpc) is 3.62. The third-order valence-electron chi connectivity index (χ3n) is 9.66. The summed E-state index contributed by atoms with van der Waals surface area (Å²) in [6.07, 6.45) is 2.15. The lowest BCUT2D eigenvalue weighted by Crippen LogP contribution is -2.13. The second-order valence-electron chi connectivity index (χ2n) is 15.0. The molecule has 0 amide bonds. The van der Waals surface area contributed by atoms with E-state index in [-0.39, 0.29) is 11.0 Å². The summed E-state index contributed by atoms with van der Waals surface area (Å²) in [5.74, 6) is 0.994. The molecule has 0 atom stereocenters. The van der Waals surface area contributed by atoms with Gasteiger partial charge in [-0.15, -0.1) is 0 Å². The van der Waals surface area contributed by atoms with Gasteiger partial charge in [0.25, 0.3) is 0 Å². The minimum absolute atomic E-state index is 0.199. The number of para-hydroxylation sites is 1. The monoisotopic (exact) mass is 625 g/mol. The van der Waals surface area contributed by atoms with Crippen molar-refractivity contribution in [3.05, 3.63) is 106 Å². The van der Waals surface area contributed by atoms with Crippen molar-refractivity contribution in [2.24, 2.45) is 0 Å². The Balaban J connectivity index is 1.63. The maximum atomic E-state index is 8.61. The van der Waals surface area contributed by atoms with Gasteiger partial charge < -0.3 is 8.83 Å². The van der Waals surface area contributed by atoms with Gasteiger partial charge in [-0.2, -0.15) is 0 Å². The number of rotatable bonds is 6. The molecule has 0 spiro atoms. The highest BCUT2D eigenvalue weighted by molar-refractivity contribution is 6.19. The summed E-state index contributed by atoms with van der Waals surface area (Å²) in [6, 6.07) is 20.4. The van der Waals surface area contributed by atoms with Gasteiger partial charge in [0.2, 0.25) is 0 Å². The van der Waals surface area contributed by atoms with Crippen LogP contribution in [0.4, 0.5) is 0 Å². The molecule has 0 saturated heterocycles. The summed E-state index contributed by atoms with van der Waals surface area (Å²) < 4.78 is 39.5. The molecule has 47 heavy (non-hydrogen) atoms. The first-order valence-corrected chi connectivity index (χ1v) is 16.9. The summed E-state index contributed by atoms with van der Waals surface area (Å²) >= 11 is 0. The largest absolute Gasteiger partial charge is 0.456 e. The number of hydrogen-bond donors (Lipinski definition) is 0. The van der Waals surface area contributed by atoms with Gasteiger partial charge >= 0.3 is 0 Å². The number of hydrogen-bond acceptors (Lipinski definition) is 4. The number of benzene rings is 4. The van der Waals surface area contributed by atoms with E-state index >= 15 is 0 Å². The van der Waals surface area contributed by atoms with Crippen LogP contribution >= 0.6 is 0 Å². The van der Waals surface area contributed by atoms with Crippen molar-refractivity contribution < 1.29 is 12.9 Å². The van der Waals surface area contributed by atoms with E-state index < -0.39 is 6.85 Å². The minimum Gasteiger partial charge on any atom is -0.456 e. The molecule has 0 aliphatic carbocycles. The maximum absolute atomic E-state index is 8.61. The molecule has 0 fully saturated rings. The highest BCUT2D eigenvalue weighted by atomic mass is 16.3. The van der Waals surface area contributed by atoms with Crippen molar-refractivity contribution >= 4 is 43.9 Å². The van der Waals surface area contributed by atoms with E-state index in [0.717, 1.165) is 44.1 Å². The fourth-order valence-electron chi connectivity index (χ4n) is 7.03. The standard InChI is InChI=1S/C43H46N2O2/c1-23(2)27-17-30(24(3)4)32(31(18-27)25(5)6)19-35-40-33(28-13-11-12-14-37(28)46-40)20-34-39-26(7)15-16-29(42(39)47-41(34)35)36-21-38(43(8,9)10)45-22-44-36/h11-18,20-25H,19H2,1-10H3/i7D3. The van der Waals surface area contributed by atoms with Gasteiger partial charge in [0.1, 0.15) is 28.7 Å². The number of aryl methyl sites for hydroxylation is 1. The molecule has 4 aromatic carbocycles. The molecule has 7 rings (SSSR count). The Morgan fingerprint density at radius 2 is 1.40 bits per heavy atom. The molecule has 3 aromatic heterocycles. The second-order valence-corrected chi connectivity index (χ2v) is 15.0. The van der Waals surface area contributed by atoms with Crippen molar-refractivity contribution in [2.75, 3.05) is 0 Å². The van der Waals surface area contributed by atoms with Crippen LogP contribution in [0.3, 0.4) is 0 Å². The smallest absolute Gasteiger partial charge is 0.145 e. The van der Waals surface area contributed by atoms with Crippen LogP contribution < -0.4 is 0 Å². The van der Waals surface area contributed by atoms with Crippen LogP contribution in [-0.2, 0) is 11.8 Å². The maximum Gasteiger partial charge on any atom is 0.145 e. The van der Waals surface area contributed by atoms with Gasteiger partial charge in [0.05, 0.1) is 5.69 Å². The third-order valence-corrected chi connectivity index (χ3v) is 9.66. The summed E-state index contributed by atoms with van der Waals surface area (Å²) in [6.45, 7) is 17.5. The first-order valence-electron chi connectivity index (χ1n) is 18.4. The van der Waals surface area contributed by atoms with Crippen LogP contribution in [0.25, 0.3) is 55.1 Å². The Bertz CT molecular complexity index is 2390. The molecule has 4 nitrogen and oxygen atoms in total. The first kappa shape index (κ1) is 27.7. The topological polar surface area (TPSA) is 52.1 Å². The van der Waals surface area contributed by atoms with E-state index in [9.17, 15) is 0 Å². The Morgan fingerprint density at radius 3 is 2.06 bits per heavy atom. The molecule has 240 valence electrons. The lowest BCUT2D eigenvalue weighted by molar-refractivity contribution is 0.567. The summed E-state index contributed by atoms with van der Waals surface area (Å²) in [5.41, 5.74) is 11.2. The van der Waals surface area contributed by atoms with E-state index in [0.29, 0.717) is 46.4 Å². The predicted octanol–water partition coefficient (Wildman–Crippen LogP) is 12.5. The molecule has 0 N–H and O–H groups in total. The molecule has 0 radical (unpaired) electrons. The zero-order valence-corrected chi connectivity index (χ0v) is 29.0. The summed E-state index contributed by atoms with van der Waals surface area (Å²) in [5, 5.41) is 3.29. The van der Waals surface area contributed by atoms with Crippen LogP contribution in [0.5, 0.6) is 0 Å². The summed E-state index contributed by atoms with van der Waals surface area (Å²) in [7, 11) is 0. The third kappa shape index (κ3) is 5.23. The minimum atomic E-state index is -2.37. The van der Waals surface area contributed by atoms with Crippen LogP contribution in [0.2, 0.25) is 0 Å². The van der Waals surface area contributed by atoms with Crippen molar-refractivity contribution in [1.29, 1.82) is 0 Å². The van der Waals surface area contributed by atoms with Gasteiger partial charge in [0, 0.05) is 54.3 Å². The highest BCUT2D eigenvalue weighted by Gasteiger charge is 2.26. The van der Waals surface area contributed by atoms with Crippen LogP contribution in [0.15, 0.2) is 75.8 Å². The second kappa shape index (κ2) is 11.4. The molecule has 0 aliphatic heterocycles. The molecule has 0 unspecified atom stereocenters.